The van der Waals surface area contributed by atoms with Gasteiger partial charge in [-0.15, -0.1) is 0 Å². The summed E-state index contributed by atoms with van der Waals surface area (Å²) in [6.45, 7) is 5.09. The quantitative estimate of drug-likeness (QED) is 0.899. The van der Waals surface area contributed by atoms with Gasteiger partial charge in [-0.2, -0.15) is 5.10 Å². The van der Waals surface area contributed by atoms with E-state index in [0.29, 0.717) is 0 Å². The van der Waals surface area contributed by atoms with E-state index in [4.69, 9.17) is 0 Å². The molecule has 0 aliphatic heterocycles. The smallest absolute Gasteiger partial charge is 0.127 e. The SMILES string of the molecule is CCCNc1cccc(Sc2cc(C)nn2C)n1. The van der Waals surface area contributed by atoms with Crippen molar-refractivity contribution in [1.82, 2.24) is 14.8 Å². The Balaban J connectivity index is 2.11. The van der Waals surface area contributed by atoms with Crippen molar-refractivity contribution in [2.45, 2.75) is 30.3 Å². The fraction of sp³-hybridized carbons (Fsp3) is 0.385. The monoisotopic (exact) mass is 262 g/mol. The Bertz CT molecular complexity index is 521. The van der Waals surface area contributed by atoms with E-state index < -0.39 is 0 Å². The number of hydrogen-bond donors (Lipinski definition) is 1. The van der Waals surface area contributed by atoms with E-state index in [1.54, 1.807) is 11.8 Å². The molecule has 0 amide bonds. The number of rotatable bonds is 5. The van der Waals surface area contributed by atoms with Gasteiger partial charge in [0.25, 0.3) is 0 Å². The van der Waals surface area contributed by atoms with Gasteiger partial charge in [0, 0.05) is 13.6 Å². The van der Waals surface area contributed by atoms with E-state index in [1.807, 2.05) is 36.9 Å². The largest absolute Gasteiger partial charge is 0.370 e. The maximum atomic E-state index is 4.57. The Labute approximate surface area is 112 Å². The molecule has 0 aromatic carbocycles. The topological polar surface area (TPSA) is 42.7 Å². The molecule has 0 saturated heterocycles. The van der Waals surface area contributed by atoms with E-state index in [0.717, 1.165) is 34.5 Å². The highest BCUT2D eigenvalue weighted by molar-refractivity contribution is 7.99. The van der Waals surface area contributed by atoms with Crippen molar-refractivity contribution >= 4 is 17.6 Å². The predicted molar refractivity (Wildman–Crippen MR) is 75.1 cm³/mol. The fourth-order valence-corrected chi connectivity index (χ4v) is 2.52. The second-order valence-electron chi connectivity index (χ2n) is 4.14. The van der Waals surface area contributed by atoms with Crippen LogP contribution in [-0.2, 0) is 7.05 Å². The number of nitrogens with zero attached hydrogens (tertiary/aromatic N) is 3. The normalized spacial score (nSPS) is 10.6. The van der Waals surface area contributed by atoms with Gasteiger partial charge >= 0.3 is 0 Å². The van der Waals surface area contributed by atoms with Crippen LogP contribution in [0.4, 0.5) is 5.82 Å². The standard InChI is InChI=1S/C13H18N4S/c1-4-8-14-11-6-5-7-12(15-11)18-13-9-10(2)16-17(13)3/h5-7,9H,4,8H2,1-3H3,(H,14,15). The molecule has 96 valence electrons. The van der Waals surface area contributed by atoms with Crippen molar-refractivity contribution in [3.8, 4) is 0 Å². The zero-order valence-electron chi connectivity index (χ0n) is 11.0. The van der Waals surface area contributed by atoms with Gasteiger partial charge in [0.1, 0.15) is 15.9 Å². The molecule has 1 N–H and O–H groups in total. The van der Waals surface area contributed by atoms with Crippen molar-refractivity contribution < 1.29 is 0 Å². The van der Waals surface area contributed by atoms with Crippen molar-refractivity contribution in [2.75, 3.05) is 11.9 Å². The summed E-state index contributed by atoms with van der Waals surface area (Å²) < 4.78 is 1.88. The zero-order valence-corrected chi connectivity index (χ0v) is 11.8. The number of pyridine rings is 1. The molecule has 2 aromatic rings. The predicted octanol–water partition coefficient (Wildman–Crippen LogP) is 3.10. The van der Waals surface area contributed by atoms with E-state index in [1.165, 1.54) is 0 Å². The lowest BCUT2D eigenvalue weighted by atomic mass is 10.4. The van der Waals surface area contributed by atoms with Gasteiger partial charge in [-0.1, -0.05) is 24.8 Å². The molecule has 5 heteroatoms. The molecular formula is C13H18N4S. The van der Waals surface area contributed by atoms with Crippen molar-refractivity contribution in [3.05, 3.63) is 30.0 Å². The second-order valence-corrected chi connectivity index (χ2v) is 5.18. The molecule has 0 spiro atoms. The minimum absolute atomic E-state index is 0.931. The number of anilines is 1. The summed E-state index contributed by atoms with van der Waals surface area (Å²) in [5, 5.41) is 9.71. The maximum Gasteiger partial charge on any atom is 0.127 e. The van der Waals surface area contributed by atoms with Crippen LogP contribution in [0.15, 0.2) is 34.3 Å². The maximum absolute atomic E-state index is 4.57. The van der Waals surface area contributed by atoms with Gasteiger partial charge in [0.05, 0.1) is 5.69 Å². The molecule has 0 aliphatic rings. The van der Waals surface area contributed by atoms with Crippen molar-refractivity contribution in [1.29, 1.82) is 0 Å². The Hall–Kier alpha value is -1.49. The highest BCUT2D eigenvalue weighted by Gasteiger charge is 2.05. The van der Waals surface area contributed by atoms with Gasteiger partial charge in [-0.05, 0) is 31.5 Å². The molecule has 0 aliphatic carbocycles. The molecule has 2 rings (SSSR count). The molecule has 0 fully saturated rings. The molecule has 4 nitrogen and oxygen atoms in total. The molecule has 0 unspecified atom stereocenters. The van der Waals surface area contributed by atoms with Gasteiger partial charge in [-0.25, -0.2) is 4.98 Å². The lowest BCUT2D eigenvalue weighted by molar-refractivity contribution is 0.692. The minimum atomic E-state index is 0.931. The zero-order chi connectivity index (χ0) is 13.0. The van der Waals surface area contributed by atoms with Crippen LogP contribution in [0, 0.1) is 6.92 Å². The lowest BCUT2D eigenvalue weighted by Gasteiger charge is -2.06. The summed E-state index contributed by atoms with van der Waals surface area (Å²) in [4.78, 5) is 4.57. The van der Waals surface area contributed by atoms with Crippen LogP contribution < -0.4 is 5.32 Å². The molecule has 2 heterocycles. The van der Waals surface area contributed by atoms with Crippen LogP contribution in [0.3, 0.4) is 0 Å². The highest BCUT2D eigenvalue weighted by Crippen LogP contribution is 2.26. The van der Waals surface area contributed by atoms with Crippen LogP contribution in [-0.4, -0.2) is 21.3 Å². The molecule has 2 aromatic heterocycles. The molecule has 18 heavy (non-hydrogen) atoms. The second kappa shape index (κ2) is 5.91. The van der Waals surface area contributed by atoms with Crippen LogP contribution in [0.25, 0.3) is 0 Å². The summed E-state index contributed by atoms with van der Waals surface area (Å²) in [6, 6.07) is 8.10. The third kappa shape index (κ3) is 3.26. The van der Waals surface area contributed by atoms with E-state index in [9.17, 15) is 0 Å². The number of hydrogen-bond acceptors (Lipinski definition) is 4. The molecule has 0 bridgehead atoms. The fourth-order valence-electron chi connectivity index (χ4n) is 1.61. The highest BCUT2D eigenvalue weighted by atomic mass is 32.2. The molecule has 0 radical (unpaired) electrons. The Kier molecular flexibility index (Phi) is 4.25. The summed E-state index contributed by atoms with van der Waals surface area (Å²) in [5.41, 5.74) is 1.03. The number of aromatic nitrogens is 3. The van der Waals surface area contributed by atoms with Crippen LogP contribution in [0.1, 0.15) is 19.0 Å². The first-order valence-corrected chi connectivity index (χ1v) is 6.90. The number of nitrogens with one attached hydrogen (secondary N) is 1. The van der Waals surface area contributed by atoms with Gasteiger partial charge in [0.2, 0.25) is 0 Å². The molecular weight excluding hydrogens is 244 g/mol. The molecule has 0 saturated carbocycles. The lowest BCUT2D eigenvalue weighted by Crippen LogP contribution is -2.01. The first-order chi connectivity index (χ1) is 8.69. The average molecular weight is 262 g/mol. The minimum Gasteiger partial charge on any atom is -0.370 e. The molecule has 0 atom stereocenters. The van der Waals surface area contributed by atoms with Crippen molar-refractivity contribution in [3.63, 3.8) is 0 Å². The average Bonchev–Trinajstić information content (AvgIpc) is 2.66. The number of aryl methyl sites for hydroxylation is 2. The van der Waals surface area contributed by atoms with Crippen LogP contribution in [0.2, 0.25) is 0 Å². The first-order valence-electron chi connectivity index (χ1n) is 6.08. The van der Waals surface area contributed by atoms with E-state index >= 15 is 0 Å². The van der Waals surface area contributed by atoms with Gasteiger partial charge in [0.15, 0.2) is 0 Å². The first kappa shape index (κ1) is 13.0. The van der Waals surface area contributed by atoms with E-state index in [-0.39, 0.29) is 0 Å². The Morgan fingerprint density at radius 1 is 1.39 bits per heavy atom. The Morgan fingerprint density at radius 2 is 2.22 bits per heavy atom. The van der Waals surface area contributed by atoms with E-state index in [2.05, 4.69) is 28.4 Å². The summed E-state index contributed by atoms with van der Waals surface area (Å²) in [5.74, 6) is 0.931. The van der Waals surface area contributed by atoms with Gasteiger partial charge in [-0.3, -0.25) is 4.68 Å². The third-order valence-corrected chi connectivity index (χ3v) is 3.48. The summed E-state index contributed by atoms with van der Waals surface area (Å²) in [7, 11) is 1.95. The Morgan fingerprint density at radius 3 is 2.89 bits per heavy atom. The van der Waals surface area contributed by atoms with Crippen molar-refractivity contribution in [2.24, 2.45) is 7.05 Å². The van der Waals surface area contributed by atoms with Crippen LogP contribution >= 0.6 is 11.8 Å². The third-order valence-electron chi connectivity index (χ3n) is 2.45. The summed E-state index contributed by atoms with van der Waals surface area (Å²) in [6.07, 6.45) is 1.10. The van der Waals surface area contributed by atoms with Crippen LogP contribution in [0.5, 0.6) is 0 Å². The van der Waals surface area contributed by atoms with Gasteiger partial charge < -0.3 is 5.32 Å². The summed E-state index contributed by atoms with van der Waals surface area (Å²) >= 11 is 1.63.